The number of amides is 1. The van der Waals surface area contributed by atoms with Gasteiger partial charge >= 0.3 is 0 Å². The van der Waals surface area contributed by atoms with Crippen LogP contribution in [-0.4, -0.2) is 20.7 Å². The minimum atomic E-state index is -0.494. The van der Waals surface area contributed by atoms with Gasteiger partial charge in [0.2, 0.25) is 5.82 Å². The van der Waals surface area contributed by atoms with E-state index in [9.17, 15) is 9.18 Å². The lowest BCUT2D eigenvalue weighted by Crippen LogP contribution is -2.14. The molecule has 150 valence electrons. The number of carbonyl (C=O) groups is 1. The van der Waals surface area contributed by atoms with E-state index in [1.165, 1.54) is 24.3 Å². The van der Waals surface area contributed by atoms with Gasteiger partial charge in [0, 0.05) is 16.3 Å². The molecule has 0 saturated carbocycles. The number of aromatic nitrogens is 3. The van der Waals surface area contributed by atoms with Crippen LogP contribution in [0.15, 0.2) is 66.7 Å². The number of hydrogen-bond acceptors (Lipinski definition) is 3. The van der Waals surface area contributed by atoms with Crippen LogP contribution >= 0.6 is 11.6 Å². The number of anilines is 1. The molecule has 4 rings (SSSR count). The van der Waals surface area contributed by atoms with Gasteiger partial charge in [0.15, 0.2) is 5.82 Å². The molecule has 0 bridgehead atoms. The number of benzene rings is 3. The normalized spacial score (nSPS) is 10.8. The highest BCUT2D eigenvalue weighted by molar-refractivity contribution is 6.31. The zero-order valence-corrected chi connectivity index (χ0v) is 17.1. The molecule has 0 spiro atoms. The fourth-order valence-electron chi connectivity index (χ4n) is 2.91. The van der Waals surface area contributed by atoms with E-state index in [4.69, 9.17) is 11.6 Å². The van der Waals surface area contributed by atoms with Gasteiger partial charge in [-0.3, -0.25) is 4.79 Å². The maximum Gasteiger partial charge on any atom is 0.295 e. The summed E-state index contributed by atoms with van der Waals surface area (Å²) in [5, 5.41) is 7.71. The van der Waals surface area contributed by atoms with Crippen molar-refractivity contribution in [2.45, 2.75) is 13.8 Å². The summed E-state index contributed by atoms with van der Waals surface area (Å²) in [6, 6.07) is 18.8. The molecule has 0 aliphatic rings. The molecule has 30 heavy (non-hydrogen) atoms. The van der Waals surface area contributed by atoms with Crippen molar-refractivity contribution in [3.05, 3.63) is 94.5 Å². The largest absolute Gasteiger partial charge is 0.319 e. The summed E-state index contributed by atoms with van der Waals surface area (Å²) in [5.41, 5.74) is 4.00. The molecular formula is C23H18ClFN4O. The first-order valence-electron chi connectivity index (χ1n) is 9.28. The monoisotopic (exact) mass is 420 g/mol. The lowest BCUT2D eigenvalue weighted by Gasteiger charge is -2.08. The van der Waals surface area contributed by atoms with Gasteiger partial charge in [-0.2, -0.15) is 0 Å². The number of halogens is 2. The van der Waals surface area contributed by atoms with Crippen LogP contribution in [0.5, 0.6) is 0 Å². The summed E-state index contributed by atoms with van der Waals surface area (Å²) in [5.74, 6) is -0.369. The Kier molecular flexibility index (Phi) is 5.33. The van der Waals surface area contributed by atoms with Gasteiger partial charge in [0.25, 0.3) is 5.91 Å². The van der Waals surface area contributed by atoms with Crippen molar-refractivity contribution >= 4 is 23.2 Å². The number of nitrogens with zero attached hydrogens (tertiary/aromatic N) is 3. The fourth-order valence-corrected chi connectivity index (χ4v) is 3.09. The number of carbonyl (C=O) groups excluding carboxylic acids is 1. The first-order chi connectivity index (χ1) is 14.4. The van der Waals surface area contributed by atoms with Gasteiger partial charge in [-0.1, -0.05) is 47.5 Å². The quantitative estimate of drug-likeness (QED) is 0.467. The Labute approximate surface area is 178 Å². The van der Waals surface area contributed by atoms with E-state index >= 15 is 0 Å². The van der Waals surface area contributed by atoms with Crippen LogP contribution < -0.4 is 5.32 Å². The van der Waals surface area contributed by atoms with Crippen LogP contribution in [0.4, 0.5) is 10.1 Å². The Hall–Kier alpha value is -3.51. The zero-order valence-electron chi connectivity index (χ0n) is 16.4. The molecule has 0 aliphatic carbocycles. The van der Waals surface area contributed by atoms with Crippen LogP contribution in [0.2, 0.25) is 5.02 Å². The number of aryl methyl sites for hydroxylation is 2. The Morgan fingerprint density at radius 1 is 1.00 bits per heavy atom. The van der Waals surface area contributed by atoms with Gasteiger partial charge in [-0.25, -0.2) is 14.1 Å². The minimum Gasteiger partial charge on any atom is -0.319 e. The van der Waals surface area contributed by atoms with Crippen LogP contribution in [-0.2, 0) is 0 Å². The molecule has 5 nitrogen and oxygen atoms in total. The second kappa shape index (κ2) is 8.08. The third-order valence-electron chi connectivity index (χ3n) is 4.62. The smallest absolute Gasteiger partial charge is 0.295 e. The molecule has 1 amide bonds. The standard InChI is InChI=1S/C23H18ClFN4O/c1-14-3-6-16(7-4-14)22-27-21(23(30)26-18-10-8-17(25)9-11-18)28-29(22)19-12-5-15(2)20(24)13-19/h3-13H,1-2H3,(H,26,30). The molecular weight excluding hydrogens is 403 g/mol. The summed E-state index contributed by atoms with van der Waals surface area (Å²) in [6.45, 7) is 3.91. The molecule has 1 heterocycles. The molecule has 4 aromatic rings. The first-order valence-corrected chi connectivity index (χ1v) is 9.66. The second-order valence-electron chi connectivity index (χ2n) is 6.93. The van der Waals surface area contributed by atoms with E-state index in [-0.39, 0.29) is 11.6 Å². The van der Waals surface area contributed by atoms with E-state index in [1.54, 1.807) is 10.7 Å². The third kappa shape index (κ3) is 4.09. The van der Waals surface area contributed by atoms with E-state index in [1.807, 2.05) is 50.2 Å². The predicted octanol–water partition coefficient (Wildman–Crippen LogP) is 5.60. The summed E-state index contributed by atoms with van der Waals surface area (Å²) in [4.78, 5) is 17.2. The first kappa shape index (κ1) is 19.8. The predicted molar refractivity (Wildman–Crippen MR) is 116 cm³/mol. The highest BCUT2D eigenvalue weighted by atomic mass is 35.5. The van der Waals surface area contributed by atoms with Gasteiger partial charge in [-0.05, 0) is 55.8 Å². The Morgan fingerprint density at radius 3 is 2.37 bits per heavy atom. The van der Waals surface area contributed by atoms with Crippen LogP contribution in [0, 0.1) is 19.7 Å². The zero-order chi connectivity index (χ0) is 21.3. The summed E-state index contributed by atoms with van der Waals surface area (Å²) < 4.78 is 14.7. The van der Waals surface area contributed by atoms with Crippen molar-refractivity contribution in [1.82, 2.24) is 14.8 Å². The fraction of sp³-hybridized carbons (Fsp3) is 0.0870. The lowest BCUT2D eigenvalue weighted by molar-refractivity contribution is 0.101. The molecule has 1 aromatic heterocycles. The Morgan fingerprint density at radius 2 is 1.70 bits per heavy atom. The van der Waals surface area contributed by atoms with Crippen molar-refractivity contribution in [3.8, 4) is 17.1 Å². The average molecular weight is 421 g/mol. The van der Waals surface area contributed by atoms with Crippen LogP contribution in [0.25, 0.3) is 17.1 Å². The molecule has 0 atom stereocenters. The summed E-state index contributed by atoms with van der Waals surface area (Å²) in [7, 11) is 0. The van der Waals surface area contributed by atoms with Crippen molar-refractivity contribution < 1.29 is 9.18 Å². The molecule has 0 fully saturated rings. The van der Waals surface area contributed by atoms with Gasteiger partial charge in [0.1, 0.15) is 5.82 Å². The van der Waals surface area contributed by atoms with Crippen molar-refractivity contribution in [1.29, 1.82) is 0 Å². The number of rotatable bonds is 4. The van der Waals surface area contributed by atoms with Crippen molar-refractivity contribution in [3.63, 3.8) is 0 Å². The molecule has 3 aromatic carbocycles. The number of nitrogens with one attached hydrogen (secondary N) is 1. The second-order valence-corrected chi connectivity index (χ2v) is 7.34. The third-order valence-corrected chi connectivity index (χ3v) is 5.03. The average Bonchev–Trinajstić information content (AvgIpc) is 3.18. The van der Waals surface area contributed by atoms with E-state index < -0.39 is 5.91 Å². The highest BCUT2D eigenvalue weighted by Crippen LogP contribution is 2.25. The van der Waals surface area contributed by atoms with E-state index in [0.717, 1.165) is 16.7 Å². The molecule has 1 N–H and O–H groups in total. The van der Waals surface area contributed by atoms with E-state index in [2.05, 4.69) is 15.4 Å². The van der Waals surface area contributed by atoms with Crippen molar-refractivity contribution in [2.24, 2.45) is 0 Å². The topological polar surface area (TPSA) is 59.8 Å². The minimum absolute atomic E-state index is 0.00778. The molecule has 7 heteroatoms. The Balaban J connectivity index is 1.76. The van der Waals surface area contributed by atoms with Gasteiger partial charge in [0.05, 0.1) is 5.69 Å². The highest BCUT2D eigenvalue weighted by Gasteiger charge is 2.19. The van der Waals surface area contributed by atoms with Gasteiger partial charge < -0.3 is 5.32 Å². The van der Waals surface area contributed by atoms with Crippen molar-refractivity contribution in [2.75, 3.05) is 5.32 Å². The van der Waals surface area contributed by atoms with Crippen LogP contribution in [0.1, 0.15) is 21.7 Å². The molecule has 0 radical (unpaired) electrons. The molecule has 0 aliphatic heterocycles. The van der Waals surface area contributed by atoms with E-state index in [0.29, 0.717) is 22.2 Å². The summed E-state index contributed by atoms with van der Waals surface area (Å²) >= 11 is 6.30. The number of hydrogen-bond donors (Lipinski definition) is 1. The van der Waals surface area contributed by atoms with Crippen LogP contribution in [0.3, 0.4) is 0 Å². The maximum atomic E-state index is 13.1. The Bertz CT molecular complexity index is 1220. The molecule has 0 saturated heterocycles. The maximum absolute atomic E-state index is 13.1. The van der Waals surface area contributed by atoms with Gasteiger partial charge in [-0.15, -0.1) is 5.10 Å². The molecule has 0 unspecified atom stereocenters. The summed E-state index contributed by atoms with van der Waals surface area (Å²) in [6.07, 6.45) is 0. The SMILES string of the molecule is Cc1ccc(-c2nc(C(=O)Nc3ccc(F)cc3)nn2-c2ccc(C)c(Cl)c2)cc1. The lowest BCUT2D eigenvalue weighted by atomic mass is 10.1.